The number of methoxy groups -OCH3 is 1. The lowest BCUT2D eigenvalue weighted by molar-refractivity contribution is 0.238. The van der Waals surface area contributed by atoms with Crippen molar-refractivity contribution in [3.05, 3.63) is 30.3 Å². The Kier molecular flexibility index (Phi) is 9.56. The minimum atomic E-state index is 0.206. The van der Waals surface area contributed by atoms with E-state index in [0.717, 1.165) is 19.3 Å². The lowest BCUT2D eigenvalue weighted by Gasteiger charge is -2.30. The third kappa shape index (κ3) is 5.66. The Labute approximate surface area is 185 Å². The van der Waals surface area contributed by atoms with Gasteiger partial charge in [-0.15, -0.1) is 0 Å². The van der Waals surface area contributed by atoms with Gasteiger partial charge in [-0.2, -0.15) is 5.12 Å². The molecule has 0 aromatic heterocycles. The van der Waals surface area contributed by atoms with E-state index in [2.05, 4.69) is 6.92 Å². The summed E-state index contributed by atoms with van der Waals surface area (Å²) in [6.45, 7) is 7.30. The van der Waals surface area contributed by atoms with E-state index in [4.69, 9.17) is 18.9 Å². The monoisotopic (exact) mass is 434 g/mol. The fourth-order valence-corrected chi connectivity index (χ4v) is 3.17. The molecule has 0 bridgehead atoms. The van der Waals surface area contributed by atoms with E-state index in [9.17, 15) is 0 Å². The second-order valence-electron chi connectivity index (χ2n) is 7.21. The molecule has 31 heavy (non-hydrogen) atoms. The van der Waals surface area contributed by atoms with Crippen molar-refractivity contribution in [3.8, 4) is 23.0 Å². The molecule has 0 radical (unpaired) electrons. The third-order valence-corrected chi connectivity index (χ3v) is 4.59. The Bertz CT molecular complexity index is 815. The summed E-state index contributed by atoms with van der Waals surface area (Å²) < 4.78 is 39.8. The maximum absolute atomic E-state index is 15.9. The molecule has 2 rings (SSSR count). The highest BCUT2D eigenvalue weighted by atomic mass is 19.2. The number of halogens is 1. The third-order valence-electron chi connectivity index (χ3n) is 4.59. The number of hydrogen-bond acceptors (Lipinski definition) is 6. The molecule has 0 unspecified atom stereocenters. The number of hydrogen-bond donors (Lipinski definition) is 0. The van der Waals surface area contributed by atoms with Crippen LogP contribution < -0.4 is 29.0 Å². The average Bonchev–Trinajstić information content (AvgIpc) is 2.78. The number of ether oxygens (including phenoxy) is 4. The van der Waals surface area contributed by atoms with Gasteiger partial charge < -0.3 is 23.8 Å². The van der Waals surface area contributed by atoms with Crippen LogP contribution in [-0.2, 0) is 0 Å². The molecule has 0 N–H and O–H groups in total. The summed E-state index contributed by atoms with van der Waals surface area (Å²) in [4.78, 5) is 1.81. The maximum atomic E-state index is 15.9. The van der Waals surface area contributed by atoms with Crippen molar-refractivity contribution in [3.63, 3.8) is 0 Å². The average molecular weight is 435 g/mol. The molecule has 0 aliphatic heterocycles. The summed E-state index contributed by atoms with van der Waals surface area (Å²) in [7, 11) is 5.18. The second kappa shape index (κ2) is 12.1. The molecular weight excluding hydrogens is 399 g/mol. The molecule has 0 aliphatic rings. The Morgan fingerprint density at radius 3 is 1.97 bits per heavy atom. The fourth-order valence-electron chi connectivity index (χ4n) is 3.17. The van der Waals surface area contributed by atoms with Gasteiger partial charge in [0.1, 0.15) is 11.4 Å². The molecule has 0 amide bonds. The van der Waals surface area contributed by atoms with Crippen molar-refractivity contribution in [2.24, 2.45) is 0 Å². The van der Waals surface area contributed by atoms with Gasteiger partial charge in [0.2, 0.25) is 11.5 Å². The molecular formula is C24H35FN2O4. The van der Waals surface area contributed by atoms with E-state index in [1.54, 1.807) is 24.3 Å². The molecule has 0 aliphatic carbocycles. The molecule has 0 heterocycles. The molecule has 0 fully saturated rings. The van der Waals surface area contributed by atoms with Crippen LogP contribution in [-0.4, -0.2) is 41.0 Å². The summed E-state index contributed by atoms with van der Waals surface area (Å²) in [5, 5.41) is 0.604. The summed E-state index contributed by atoms with van der Waals surface area (Å²) in [6.07, 6.45) is 2.65. The summed E-state index contributed by atoms with van der Waals surface area (Å²) >= 11 is 0. The first-order chi connectivity index (χ1) is 15.0. The lowest BCUT2D eigenvalue weighted by Crippen LogP contribution is -2.19. The van der Waals surface area contributed by atoms with Crippen LogP contribution in [0.15, 0.2) is 30.3 Å². The van der Waals surface area contributed by atoms with Crippen LogP contribution in [0, 0.1) is 0 Å². The van der Waals surface area contributed by atoms with Gasteiger partial charge in [0.05, 0.1) is 32.6 Å². The second-order valence-corrected chi connectivity index (χ2v) is 7.21. The van der Waals surface area contributed by atoms with Gasteiger partial charge in [0.15, 0.2) is 11.5 Å². The van der Waals surface area contributed by atoms with Gasteiger partial charge in [-0.05, 0) is 31.9 Å². The van der Waals surface area contributed by atoms with Gasteiger partial charge >= 0.3 is 0 Å². The Hall–Kier alpha value is -2.83. The molecule has 0 saturated carbocycles. The first-order valence-corrected chi connectivity index (χ1v) is 10.9. The van der Waals surface area contributed by atoms with Crippen molar-refractivity contribution in [2.75, 3.05) is 51.0 Å². The highest BCUT2D eigenvalue weighted by Crippen LogP contribution is 2.58. The van der Waals surface area contributed by atoms with E-state index in [-0.39, 0.29) is 11.4 Å². The van der Waals surface area contributed by atoms with Gasteiger partial charge in [-0.25, -0.2) is 0 Å². The SMILES string of the molecule is CCCCOc1c(OCCC)c(OCC)c(OC)c(N(F)c2ccccc2)c1N(C)C. The van der Waals surface area contributed by atoms with Gasteiger partial charge in [0.25, 0.3) is 0 Å². The number of nitrogens with zero attached hydrogens (tertiary/aromatic N) is 2. The minimum Gasteiger partial charge on any atom is -0.491 e. The highest BCUT2D eigenvalue weighted by molar-refractivity contribution is 5.91. The molecule has 0 spiro atoms. The van der Waals surface area contributed by atoms with E-state index in [1.165, 1.54) is 7.11 Å². The van der Waals surface area contributed by atoms with Gasteiger partial charge in [0, 0.05) is 14.1 Å². The standard InChI is InChI=1S/C24H35FN2O4/c1-7-10-17-31-22-19(26(4)5)20(27(25)18-14-12-11-13-15-18)21(28-6)23(29-9-3)24(22)30-16-8-2/h11-15H,7-10,16-17H2,1-6H3. The summed E-state index contributed by atoms with van der Waals surface area (Å²) in [5.41, 5.74) is 1.10. The summed E-state index contributed by atoms with van der Waals surface area (Å²) in [6, 6.07) is 8.79. The quantitative estimate of drug-likeness (QED) is 0.278. The van der Waals surface area contributed by atoms with Crippen LogP contribution in [0.5, 0.6) is 23.0 Å². The minimum absolute atomic E-state index is 0.206. The number of para-hydroxylation sites is 1. The van der Waals surface area contributed by atoms with E-state index < -0.39 is 0 Å². The summed E-state index contributed by atoms with van der Waals surface area (Å²) in [5.74, 6) is 1.48. The van der Waals surface area contributed by atoms with E-state index >= 15 is 4.48 Å². The molecule has 6 nitrogen and oxygen atoms in total. The Morgan fingerprint density at radius 2 is 1.42 bits per heavy atom. The van der Waals surface area contributed by atoms with Crippen LogP contribution in [0.25, 0.3) is 0 Å². The van der Waals surface area contributed by atoms with Crippen molar-refractivity contribution in [2.45, 2.75) is 40.0 Å². The van der Waals surface area contributed by atoms with Crippen LogP contribution in [0.4, 0.5) is 21.5 Å². The van der Waals surface area contributed by atoms with Crippen LogP contribution >= 0.6 is 0 Å². The van der Waals surface area contributed by atoms with Crippen molar-refractivity contribution >= 4 is 17.1 Å². The van der Waals surface area contributed by atoms with E-state index in [1.807, 2.05) is 38.9 Å². The lowest BCUT2D eigenvalue weighted by atomic mass is 10.1. The van der Waals surface area contributed by atoms with Crippen molar-refractivity contribution in [1.82, 2.24) is 0 Å². The maximum Gasteiger partial charge on any atom is 0.210 e. The molecule has 0 saturated heterocycles. The zero-order chi connectivity index (χ0) is 22.8. The zero-order valence-electron chi connectivity index (χ0n) is 19.5. The smallest absolute Gasteiger partial charge is 0.210 e. The molecule has 0 atom stereocenters. The van der Waals surface area contributed by atoms with E-state index in [0.29, 0.717) is 53.6 Å². The number of rotatable bonds is 13. The number of benzene rings is 2. The molecule has 7 heteroatoms. The molecule has 2 aromatic carbocycles. The first-order valence-electron chi connectivity index (χ1n) is 10.9. The van der Waals surface area contributed by atoms with Crippen LogP contribution in [0.2, 0.25) is 0 Å². The topological polar surface area (TPSA) is 43.4 Å². The normalized spacial score (nSPS) is 10.5. The van der Waals surface area contributed by atoms with Crippen molar-refractivity contribution < 1.29 is 23.4 Å². The Morgan fingerprint density at radius 1 is 0.774 bits per heavy atom. The predicted molar refractivity (Wildman–Crippen MR) is 124 cm³/mol. The Balaban J connectivity index is 2.84. The number of unbranched alkanes of at least 4 members (excludes halogenated alkanes) is 1. The predicted octanol–water partition coefficient (Wildman–Crippen LogP) is 6.15. The zero-order valence-corrected chi connectivity index (χ0v) is 19.5. The highest BCUT2D eigenvalue weighted by Gasteiger charge is 2.33. The molecule has 172 valence electrons. The molecule has 2 aromatic rings. The number of anilines is 3. The van der Waals surface area contributed by atoms with Gasteiger partial charge in [-0.3, -0.25) is 0 Å². The first kappa shape index (κ1) is 24.4. The van der Waals surface area contributed by atoms with Gasteiger partial charge in [-0.1, -0.05) is 42.9 Å². The largest absolute Gasteiger partial charge is 0.491 e. The van der Waals surface area contributed by atoms with Crippen molar-refractivity contribution in [1.29, 1.82) is 0 Å². The van der Waals surface area contributed by atoms with Crippen LogP contribution in [0.1, 0.15) is 40.0 Å². The van der Waals surface area contributed by atoms with Crippen LogP contribution in [0.3, 0.4) is 0 Å². The fraction of sp³-hybridized carbons (Fsp3) is 0.500.